The number of alkyl halides is 3. The summed E-state index contributed by atoms with van der Waals surface area (Å²) >= 11 is 2.68. The van der Waals surface area contributed by atoms with Gasteiger partial charge < -0.3 is 9.84 Å². The van der Waals surface area contributed by atoms with Gasteiger partial charge in [0.2, 0.25) is 0 Å². The molecule has 2 heterocycles. The van der Waals surface area contributed by atoms with Crippen LogP contribution < -0.4 is 0 Å². The maximum Gasteiger partial charge on any atom is 0.434 e. The first-order valence-corrected chi connectivity index (χ1v) is 7.58. The number of pyridine rings is 1. The van der Waals surface area contributed by atoms with Gasteiger partial charge in [-0.1, -0.05) is 18.2 Å². The number of carboxylic acids is 1. The first-order chi connectivity index (χ1) is 10.8. The van der Waals surface area contributed by atoms with E-state index in [1.165, 1.54) is 37.1 Å². The highest BCUT2D eigenvalue weighted by atomic mass is 79.9. The number of para-hydroxylation sites is 1. The summed E-state index contributed by atoms with van der Waals surface area (Å²) in [5.74, 6) is -1.44. The lowest BCUT2D eigenvalue weighted by Crippen LogP contribution is -2.13. The third kappa shape index (κ3) is 4.20. The summed E-state index contributed by atoms with van der Waals surface area (Å²) in [6, 6.07) is 5.78. The minimum Gasteiger partial charge on any atom is -0.478 e. The summed E-state index contributed by atoms with van der Waals surface area (Å²) < 4.78 is 42.6. The number of carboxylic acid groups (broad SMARTS) is 1. The monoisotopic (exact) mass is 391 g/mol. The Bertz CT molecular complexity index is 707. The van der Waals surface area contributed by atoms with E-state index in [2.05, 4.69) is 20.9 Å². The Morgan fingerprint density at radius 1 is 1.22 bits per heavy atom. The van der Waals surface area contributed by atoms with Crippen LogP contribution in [0.3, 0.4) is 0 Å². The number of hydrogen-bond donors (Lipinski definition) is 1. The van der Waals surface area contributed by atoms with Crippen molar-refractivity contribution in [1.29, 1.82) is 0 Å². The highest BCUT2D eigenvalue weighted by Crippen LogP contribution is 2.37. The zero-order valence-electron chi connectivity index (χ0n) is 11.9. The summed E-state index contributed by atoms with van der Waals surface area (Å²) in [5.41, 5.74) is -1.68. The Kier molecular flexibility index (Phi) is 5.59. The number of aromatic carboxylic acids is 1. The van der Waals surface area contributed by atoms with E-state index in [1.54, 1.807) is 0 Å². The molecule has 0 amide bonds. The first kappa shape index (κ1) is 17.7. The van der Waals surface area contributed by atoms with E-state index in [4.69, 9.17) is 9.84 Å². The lowest BCUT2D eigenvalue weighted by molar-refractivity contribution is -0.141. The van der Waals surface area contributed by atoms with E-state index in [-0.39, 0.29) is 10.9 Å². The maximum absolute atomic E-state index is 12.7. The zero-order valence-corrected chi connectivity index (χ0v) is 13.4. The van der Waals surface area contributed by atoms with Crippen LogP contribution in [0.25, 0.3) is 10.9 Å². The largest absolute Gasteiger partial charge is 0.478 e. The maximum atomic E-state index is 12.7. The molecule has 0 radical (unpaired) electrons. The van der Waals surface area contributed by atoms with Crippen LogP contribution in [-0.4, -0.2) is 29.3 Å². The molecule has 0 saturated carbocycles. The Hall–Kier alpha value is -1.67. The molecule has 1 aliphatic heterocycles. The van der Waals surface area contributed by atoms with Crippen molar-refractivity contribution in [3.05, 3.63) is 40.0 Å². The number of nitrogens with zero attached hydrogens (tertiary/aromatic N) is 1. The second-order valence-corrected chi connectivity index (χ2v) is 5.58. The number of halogens is 4. The van der Waals surface area contributed by atoms with E-state index < -0.39 is 27.9 Å². The predicted octanol–water partition coefficient (Wildman–Crippen LogP) is 4.51. The van der Waals surface area contributed by atoms with Crippen LogP contribution in [0, 0.1) is 0 Å². The normalized spacial score (nSPS) is 14.4. The Labute approximate surface area is 138 Å². The highest BCUT2D eigenvalue weighted by molar-refractivity contribution is 9.10. The molecule has 0 unspecified atom stereocenters. The van der Waals surface area contributed by atoms with Crippen molar-refractivity contribution >= 4 is 32.8 Å². The van der Waals surface area contributed by atoms with E-state index in [1.807, 2.05) is 0 Å². The molecule has 1 aliphatic rings. The van der Waals surface area contributed by atoms with Gasteiger partial charge in [0.1, 0.15) is 0 Å². The fourth-order valence-electron chi connectivity index (χ4n) is 2.10. The SMILES string of the molecule is C1CCOC1.O=C(O)c1c(Br)c(C(F)(F)F)nc2ccccc12. The summed E-state index contributed by atoms with van der Waals surface area (Å²) in [4.78, 5) is 14.5. The van der Waals surface area contributed by atoms with Crippen molar-refractivity contribution in [2.45, 2.75) is 19.0 Å². The summed E-state index contributed by atoms with van der Waals surface area (Å²) in [5, 5.41) is 9.19. The van der Waals surface area contributed by atoms with Crippen molar-refractivity contribution < 1.29 is 27.8 Å². The molecule has 1 aromatic heterocycles. The van der Waals surface area contributed by atoms with Crippen molar-refractivity contribution in [1.82, 2.24) is 4.98 Å². The average molecular weight is 392 g/mol. The van der Waals surface area contributed by atoms with Gasteiger partial charge in [0.15, 0.2) is 5.69 Å². The topological polar surface area (TPSA) is 59.4 Å². The molecular formula is C15H13BrF3NO3. The number of carbonyl (C=O) groups is 1. The quantitative estimate of drug-likeness (QED) is 0.776. The fourth-order valence-corrected chi connectivity index (χ4v) is 2.79. The fraction of sp³-hybridized carbons (Fsp3) is 0.333. The van der Waals surface area contributed by atoms with Crippen molar-refractivity contribution in [3.63, 3.8) is 0 Å². The van der Waals surface area contributed by atoms with Crippen LogP contribution in [0.5, 0.6) is 0 Å². The molecule has 2 aromatic rings. The minimum absolute atomic E-state index is 0.00887. The van der Waals surface area contributed by atoms with Crippen LogP contribution in [0.2, 0.25) is 0 Å². The molecule has 1 N–H and O–H groups in total. The van der Waals surface area contributed by atoms with Gasteiger partial charge in [0.05, 0.1) is 15.6 Å². The van der Waals surface area contributed by atoms with Crippen LogP contribution in [0.1, 0.15) is 28.9 Å². The lowest BCUT2D eigenvalue weighted by Gasteiger charge is -2.12. The first-order valence-electron chi connectivity index (χ1n) is 6.79. The van der Waals surface area contributed by atoms with Crippen molar-refractivity contribution in [3.8, 4) is 0 Å². The van der Waals surface area contributed by atoms with Gasteiger partial charge in [-0.15, -0.1) is 0 Å². The van der Waals surface area contributed by atoms with E-state index in [0.717, 1.165) is 13.2 Å². The van der Waals surface area contributed by atoms with Crippen LogP contribution >= 0.6 is 15.9 Å². The van der Waals surface area contributed by atoms with E-state index >= 15 is 0 Å². The van der Waals surface area contributed by atoms with Crippen LogP contribution in [0.4, 0.5) is 13.2 Å². The molecule has 8 heteroatoms. The van der Waals surface area contributed by atoms with E-state index in [0.29, 0.717) is 0 Å². The third-order valence-electron chi connectivity index (χ3n) is 3.14. The third-order valence-corrected chi connectivity index (χ3v) is 3.91. The molecule has 124 valence electrons. The van der Waals surface area contributed by atoms with Crippen LogP contribution in [-0.2, 0) is 10.9 Å². The number of fused-ring (bicyclic) bond motifs is 1. The predicted molar refractivity (Wildman–Crippen MR) is 81.5 cm³/mol. The molecule has 0 aliphatic carbocycles. The molecular weight excluding hydrogens is 379 g/mol. The van der Waals surface area contributed by atoms with Gasteiger partial charge >= 0.3 is 12.1 Å². The van der Waals surface area contributed by atoms with Gasteiger partial charge in [-0.05, 0) is 34.8 Å². The lowest BCUT2D eigenvalue weighted by atomic mass is 10.1. The van der Waals surface area contributed by atoms with Gasteiger partial charge in [0.25, 0.3) is 0 Å². The molecule has 1 saturated heterocycles. The smallest absolute Gasteiger partial charge is 0.434 e. The number of benzene rings is 1. The molecule has 4 nitrogen and oxygen atoms in total. The van der Waals surface area contributed by atoms with Gasteiger partial charge in [0, 0.05) is 18.6 Å². The molecule has 0 spiro atoms. The number of aromatic nitrogens is 1. The molecule has 1 fully saturated rings. The summed E-state index contributed by atoms with van der Waals surface area (Å²) in [7, 11) is 0. The number of ether oxygens (including phenoxy) is 1. The molecule has 0 atom stereocenters. The second-order valence-electron chi connectivity index (χ2n) is 4.79. The zero-order chi connectivity index (χ0) is 17.0. The van der Waals surface area contributed by atoms with Gasteiger partial charge in [-0.3, -0.25) is 0 Å². The Balaban J connectivity index is 0.000000326. The summed E-state index contributed by atoms with van der Waals surface area (Å²) in [6.45, 7) is 2.00. The highest BCUT2D eigenvalue weighted by Gasteiger charge is 2.37. The van der Waals surface area contributed by atoms with Gasteiger partial charge in [-0.2, -0.15) is 13.2 Å². The molecule has 3 rings (SSSR count). The average Bonchev–Trinajstić information content (AvgIpc) is 3.04. The Morgan fingerprint density at radius 2 is 1.83 bits per heavy atom. The van der Waals surface area contributed by atoms with Gasteiger partial charge in [-0.25, -0.2) is 9.78 Å². The standard InChI is InChI=1S/C11H5BrF3NO2.C4H8O/c12-8-7(10(17)18)5-3-1-2-4-6(5)16-9(8)11(13,14)15;1-2-4-5-3-1/h1-4H,(H,17,18);1-4H2. The molecule has 23 heavy (non-hydrogen) atoms. The minimum atomic E-state index is -4.72. The van der Waals surface area contributed by atoms with Crippen LogP contribution in [0.15, 0.2) is 28.7 Å². The van der Waals surface area contributed by atoms with Crippen molar-refractivity contribution in [2.75, 3.05) is 13.2 Å². The molecule has 1 aromatic carbocycles. The van der Waals surface area contributed by atoms with Crippen molar-refractivity contribution in [2.24, 2.45) is 0 Å². The second kappa shape index (κ2) is 7.27. The molecule has 0 bridgehead atoms. The number of hydrogen-bond acceptors (Lipinski definition) is 3. The summed E-state index contributed by atoms with van der Waals surface area (Å²) in [6.07, 6.45) is -2.16. The number of rotatable bonds is 1. The Morgan fingerprint density at radius 3 is 2.30 bits per heavy atom. The van der Waals surface area contributed by atoms with E-state index in [9.17, 15) is 18.0 Å².